The largest absolute Gasteiger partial charge is 0.245 e. The van der Waals surface area contributed by atoms with Crippen LogP contribution in [0.25, 0.3) is 0 Å². The van der Waals surface area contributed by atoms with E-state index < -0.39 is 0 Å². The number of hydrogen-bond donors (Lipinski definition) is 0. The molecule has 18 heavy (non-hydrogen) atoms. The highest BCUT2D eigenvalue weighted by Gasteiger charge is 2.31. The smallest absolute Gasteiger partial charge is 0.116 e. The average molecular weight is 261 g/mol. The lowest BCUT2D eigenvalue weighted by molar-refractivity contribution is 0.306. The summed E-state index contributed by atoms with van der Waals surface area (Å²) in [6.07, 6.45) is 9.29. The normalized spacial score (nSPS) is 27.7. The van der Waals surface area contributed by atoms with Gasteiger partial charge in [-0.1, -0.05) is 19.8 Å². The molecule has 2 rings (SSSR count). The van der Waals surface area contributed by atoms with E-state index in [1.54, 1.807) is 24.3 Å². The van der Waals surface area contributed by atoms with E-state index in [0.717, 1.165) is 23.8 Å². The maximum Gasteiger partial charge on any atom is 0.116 e. The molecule has 1 fully saturated rings. The van der Waals surface area contributed by atoms with E-state index in [2.05, 4.69) is 23.0 Å². The van der Waals surface area contributed by atoms with Gasteiger partial charge in [-0.05, 0) is 31.2 Å². The Bertz CT molecular complexity index is 401. The van der Waals surface area contributed by atoms with E-state index >= 15 is 0 Å². The molecule has 1 aliphatic carbocycles. The van der Waals surface area contributed by atoms with Crippen LogP contribution in [0.4, 0.5) is 0 Å². The molecule has 0 aromatic carbocycles. The van der Waals surface area contributed by atoms with E-state index in [9.17, 15) is 5.26 Å². The number of thioether (sulfide) groups is 1. The molecule has 0 radical (unpaired) electrons. The summed E-state index contributed by atoms with van der Waals surface area (Å²) >= 11 is 1.75. The van der Waals surface area contributed by atoms with Crippen molar-refractivity contribution in [1.29, 1.82) is 5.26 Å². The van der Waals surface area contributed by atoms with E-state index in [0.29, 0.717) is 5.25 Å². The molecule has 3 atom stereocenters. The molecule has 0 aliphatic heterocycles. The Kier molecular flexibility index (Phi) is 5.00. The standard InChI is InChI=1S/C14H19N3S/c1-2-3-11-4-5-12(9-15)13(8-11)18-14-6-7-16-10-17-14/h6-7,10-13H,2-5,8H2,1H3. The Morgan fingerprint density at radius 2 is 2.39 bits per heavy atom. The van der Waals surface area contributed by atoms with Gasteiger partial charge in [0.25, 0.3) is 0 Å². The first kappa shape index (κ1) is 13.4. The fourth-order valence-electron chi connectivity index (χ4n) is 2.66. The van der Waals surface area contributed by atoms with Crippen molar-refractivity contribution in [3.8, 4) is 6.07 Å². The van der Waals surface area contributed by atoms with Crippen LogP contribution >= 0.6 is 11.8 Å². The average Bonchev–Trinajstić information content (AvgIpc) is 2.41. The van der Waals surface area contributed by atoms with Crippen molar-refractivity contribution >= 4 is 11.8 Å². The minimum atomic E-state index is 0.179. The molecular weight excluding hydrogens is 242 g/mol. The number of nitriles is 1. The summed E-state index contributed by atoms with van der Waals surface area (Å²) in [5.41, 5.74) is 0. The fourth-order valence-corrected chi connectivity index (χ4v) is 3.95. The maximum absolute atomic E-state index is 9.26. The van der Waals surface area contributed by atoms with Crippen LogP contribution in [-0.2, 0) is 0 Å². The van der Waals surface area contributed by atoms with Gasteiger partial charge in [0.05, 0.1) is 17.0 Å². The lowest BCUT2D eigenvalue weighted by Gasteiger charge is -2.31. The number of rotatable bonds is 4. The second kappa shape index (κ2) is 6.75. The predicted molar refractivity (Wildman–Crippen MR) is 73.0 cm³/mol. The van der Waals surface area contributed by atoms with Crippen LogP contribution in [0, 0.1) is 23.2 Å². The van der Waals surface area contributed by atoms with Crippen molar-refractivity contribution in [3.05, 3.63) is 18.6 Å². The van der Waals surface area contributed by atoms with Gasteiger partial charge >= 0.3 is 0 Å². The van der Waals surface area contributed by atoms with Gasteiger partial charge in [0.15, 0.2) is 0 Å². The van der Waals surface area contributed by atoms with Crippen molar-refractivity contribution < 1.29 is 0 Å². The van der Waals surface area contributed by atoms with Gasteiger partial charge < -0.3 is 0 Å². The molecule has 3 nitrogen and oxygen atoms in total. The van der Waals surface area contributed by atoms with Crippen LogP contribution in [0.3, 0.4) is 0 Å². The van der Waals surface area contributed by atoms with Gasteiger partial charge in [-0.15, -0.1) is 11.8 Å². The molecule has 1 heterocycles. The van der Waals surface area contributed by atoms with Gasteiger partial charge in [0.1, 0.15) is 6.33 Å². The van der Waals surface area contributed by atoms with Crippen LogP contribution in [0.15, 0.2) is 23.6 Å². The molecule has 1 aromatic heterocycles. The summed E-state index contributed by atoms with van der Waals surface area (Å²) in [4.78, 5) is 8.19. The minimum absolute atomic E-state index is 0.179. The molecule has 0 spiro atoms. The van der Waals surface area contributed by atoms with Crippen molar-refractivity contribution in [3.63, 3.8) is 0 Å². The Hall–Kier alpha value is -1.08. The van der Waals surface area contributed by atoms with Crippen LogP contribution in [0.1, 0.15) is 39.0 Å². The van der Waals surface area contributed by atoms with Gasteiger partial charge in [-0.2, -0.15) is 5.26 Å². The topological polar surface area (TPSA) is 49.6 Å². The monoisotopic (exact) mass is 261 g/mol. The highest BCUT2D eigenvalue weighted by Crippen LogP contribution is 2.40. The second-order valence-electron chi connectivity index (χ2n) is 4.91. The lowest BCUT2D eigenvalue weighted by Crippen LogP contribution is -2.26. The molecule has 0 bridgehead atoms. The second-order valence-corrected chi connectivity index (χ2v) is 6.17. The molecular formula is C14H19N3S. The van der Waals surface area contributed by atoms with E-state index in [-0.39, 0.29) is 5.92 Å². The predicted octanol–water partition coefficient (Wildman–Crippen LogP) is 3.68. The Morgan fingerprint density at radius 3 is 3.06 bits per heavy atom. The highest BCUT2D eigenvalue weighted by atomic mass is 32.2. The summed E-state index contributed by atoms with van der Waals surface area (Å²) in [5.74, 6) is 0.969. The molecule has 4 heteroatoms. The van der Waals surface area contributed by atoms with Crippen LogP contribution in [0.2, 0.25) is 0 Å². The Labute approximate surface area is 113 Å². The first-order valence-electron chi connectivity index (χ1n) is 6.65. The van der Waals surface area contributed by atoms with Crippen molar-refractivity contribution in [2.45, 2.75) is 49.3 Å². The van der Waals surface area contributed by atoms with Gasteiger partial charge in [-0.3, -0.25) is 0 Å². The molecule has 0 saturated heterocycles. The number of hydrogen-bond acceptors (Lipinski definition) is 4. The van der Waals surface area contributed by atoms with E-state index in [1.807, 2.05) is 6.07 Å². The lowest BCUT2D eigenvalue weighted by atomic mass is 9.80. The molecule has 1 saturated carbocycles. The third kappa shape index (κ3) is 3.46. The first-order chi connectivity index (χ1) is 8.83. The van der Waals surface area contributed by atoms with Gasteiger partial charge in [0, 0.05) is 11.4 Å². The summed E-state index contributed by atoms with van der Waals surface area (Å²) in [5, 5.41) is 10.7. The third-order valence-electron chi connectivity index (χ3n) is 3.59. The summed E-state index contributed by atoms with van der Waals surface area (Å²) in [6.45, 7) is 2.24. The Morgan fingerprint density at radius 1 is 1.50 bits per heavy atom. The highest BCUT2D eigenvalue weighted by molar-refractivity contribution is 7.99. The van der Waals surface area contributed by atoms with Crippen LogP contribution in [-0.4, -0.2) is 15.2 Å². The Balaban J connectivity index is 2.00. The zero-order valence-corrected chi connectivity index (χ0v) is 11.6. The minimum Gasteiger partial charge on any atom is -0.245 e. The van der Waals surface area contributed by atoms with Gasteiger partial charge in [-0.25, -0.2) is 9.97 Å². The maximum atomic E-state index is 9.26. The molecule has 0 N–H and O–H groups in total. The number of nitrogens with zero attached hydrogens (tertiary/aromatic N) is 3. The van der Waals surface area contributed by atoms with Crippen LogP contribution in [0.5, 0.6) is 0 Å². The third-order valence-corrected chi connectivity index (χ3v) is 4.90. The zero-order valence-electron chi connectivity index (χ0n) is 10.7. The van der Waals surface area contributed by atoms with E-state index in [4.69, 9.17) is 0 Å². The van der Waals surface area contributed by atoms with Crippen molar-refractivity contribution in [1.82, 2.24) is 9.97 Å². The van der Waals surface area contributed by atoms with Gasteiger partial charge in [0.2, 0.25) is 0 Å². The van der Waals surface area contributed by atoms with Crippen LogP contribution < -0.4 is 0 Å². The first-order valence-corrected chi connectivity index (χ1v) is 7.53. The zero-order chi connectivity index (χ0) is 12.8. The molecule has 1 aliphatic rings. The molecule has 0 amide bonds. The summed E-state index contributed by atoms with van der Waals surface area (Å²) < 4.78 is 0. The SMILES string of the molecule is CCCC1CCC(C#N)C(Sc2ccncn2)C1. The van der Waals surface area contributed by atoms with E-state index in [1.165, 1.54) is 19.3 Å². The van der Waals surface area contributed by atoms with Crippen molar-refractivity contribution in [2.75, 3.05) is 0 Å². The summed E-state index contributed by atoms with van der Waals surface area (Å²) in [7, 11) is 0. The molecule has 96 valence electrons. The quantitative estimate of drug-likeness (QED) is 0.776. The fraction of sp³-hybridized carbons (Fsp3) is 0.643. The molecule has 3 unspecified atom stereocenters. The molecule has 1 aromatic rings. The number of aromatic nitrogens is 2. The summed E-state index contributed by atoms with van der Waals surface area (Å²) in [6, 6.07) is 4.41. The van der Waals surface area contributed by atoms with Crippen molar-refractivity contribution in [2.24, 2.45) is 11.8 Å².